The van der Waals surface area contributed by atoms with E-state index in [-0.39, 0.29) is 11.1 Å². The van der Waals surface area contributed by atoms with Gasteiger partial charge in [0.15, 0.2) is 0 Å². The lowest BCUT2D eigenvalue weighted by Gasteiger charge is -2.02. The van der Waals surface area contributed by atoms with E-state index in [0.717, 1.165) is 10.0 Å². The van der Waals surface area contributed by atoms with Crippen molar-refractivity contribution in [2.24, 2.45) is 0 Å². The van der Waals surface area contributed by atoms with E-state index in [9.17, 15) is 9.59 Å². The Morgan fingerprint density at radius 1 is 1.21 bits per heavy atom. The molecule has 3 rings (SSSR count). The molecule has 0 amide bonds. The van der Waals surface area contributed by atoms with Gasteiger partial charge in [0, 0.05) is 4.47 Å². The van der Waals surface area contributed by atoms with Crippen LogP contribution in [0.15, 0.2) is 57.8 Å². The summed E-state index contributed by atoms with van der Waals surface area (Å²) in [5.74, 6) is -1.05. The normalized spacial score (nSPS) is 11.6. The van der Waals surface area contributed by atoms with Gasteiger partial charge < -0.3 is 5.11 Å². The van der Waals surface area contributed by atoms with Crippen molar-refractivity contribution in [1.29, 1.82) is 0 Å². The number of aromatic carboxylic acids is 1. The smallest absolute Gasteiger partial charge is 0.335 e. The average Bonchev–Trinajstić information content (AvgIpc) is 2.83. The Labute approximate surface area is 145 Å². The van der Waals surface area contributed by atoms with Crippen LogP contribution in [0.3, 0.4) is 0 Å². The number of aromatic amines is 1. The molecule has 0 bridgehead atoms. The van der Waals surface area contributed by atoms with Crippen molar-refractivity contribution in [3.8, 4) is 5.69 Å². The van der Waals surface area contributed by atoms with Gasteiger partial charge in [-0.2, -0.15) is 0 Å². The molecule has 0 aliphatic carbocycles. The maximum absolute atomic E-state index is 12.7. The van der Waals surface area contributed by atoms with Gasteiger partial charge in [0.1, 0.15) is 0 Å². The molecule has 0 atom stereocenters. The highest BCUT2D eigenvalue weighted by molar-refractivity contribution is 9.10. The predicted octanol–water partition coefficient (Wildman–Crippen LogP) is 1.87. The first-order chi connectivity index (χ1) is 11.5. The fraction of sp³-hybridized carbons (Fsp3) is 0. The van der Waals surface area contributed by atoms with Crippen LogP contribution in [0.2, 0.25) is 0 Å². The standard InChI is InChI=1S/C18H13BrN2O3/c1-11-16(9-12-4-2-6-14(19)8-12)17(22)21(20-11)15-7-3-5-13(10-15)18(23)24/h2-10,20H,1H2,(H,23,24)/b16-9-. The quantitative estimate of drug-likeness (QED) is 0.723. The van der Waals surface area contributed by atoms with E-state index < -0.39 is 5.97 Å². The van der Waals surface area contributed by atoms with Crippen LogP contribution in [-0.4, -0.2) is 20.9 Å². The Hall–Kier alpha value is -2.86. The minimum atomic E-state index is -1.05. The number of H-pyrrole nitrogens is 1. The van der Waals surface area contributed by atoms with Gasteiger partial charge in [-0.1, -0.05) is 40.7 Å². The Bertz CT molecular complexity index is 1100. The van der Waals surface area contributed by atoms with E-state index in [4.69, 9.17) is 5.11 Å². The van der Waals surface area contributed by atoms with E-state index in [0.29, 0.717) is 16.3 Å². The van der Waals surface area contributed by atoms with Crippen molar-refractivity contribution in [3.63, 3.8) is 0 Å². The summed E-state index contributed by atoms with van der Waals surface area (Å²) >= 11 is 3.39. The average molecular weight is 385 g/mol. The molecule has 3 aromatic rings. The lowest BCUT2D eigenvalue weighted by molar-refractivity contribution is 0.0697. The van der Waals surface area contributed by atoms with Crippen LogP contribution in [0.25, 0.3) is 18.3 Å². The van der Waals surface area contributed by atoms with Crippen molar-refractivity contribution in [3.05, 3.63) is 85.1 Å². The van der Waals surface area contributed by atoms with E-state index in [2.05, 4.69) is 27.6 Å². The summed E-state index contributed by atoms with van der Waals surface area (Å²) in [7, 11) is 0. The summed E-state index contributed by atoms with van der Waals surface area (Å²) in [5, 5.41) is 12.9. The number of rotatable bonds is 3. The van der Waals surface area contributed by atoms with Crippen molar-refractivity contribution < 1.29 is 9.90 Å². The molecule has 1 heterocycles. The molecule has 0 saturated heterocycles. The van der Waals surface area contributed by atoms with E-state index >= 15 is 0 Å². The monoisotopic (exact) mass is 384 g/mol. The molecule has 120 valence electrons. The van der Waals surface area contributed by atoms with E-state index in [1.807, 2.05) is 24.3 Å². The van der Waals surface area contributed by atoms with Crippen LogP contribution in [-0.2, 0) is 0 Å². The molecule has 0 aliphatic rings. The third-order valence-corrected chi connectivity index (χ3v) is 4.01. The highest BCUT2D eigenvalue weighted by Gasteiger charge is 2.08. The summed E-state index contributed by atoms with van der Waals surface area (Å²) < 4.78 is 2.20. The molecule has 1 aromatic heterocycles. The van der Waals surface area contributed by atoms with Gasteiger partial charge in [-0.25, -0.2) is 9.48 Å². The molecule has 2 N–H and O–H groups in total. The number of nitrogens with one attached hydrogen (secondary N) is 1. The first-order valence-corrected chi connectivity index (χ1v) is 7.86. The maximum Gasteiger partial charge on any atom is 0.335 e. The molecule has 0 unspecified atom stereocenters. The first kappa shape index (κ1) is 16.0. The Kier molecular flexibility index (Phi) is 4.22. The number of carboxylic acids is 1. The summed E-state index contributed by atoms with van der Waals surface area (Å²) in [6.45, 7) is 3.87. The highest BCUT2D eigenvalue weighted by atomic mass is 79.9. The van der Waals surface area contributed by atoms with Gasteiger partial charge in [0.05, 0.1) is 21.8 Å². The van der Waals surface area contributed by atoms with Gasteiger partial charge in [-0.05, 0) is 42.0 Å². The Balaban J connectivity index is 2.18. The van der Waals surface area contributed by atoms with E-state index in [1.165, 1.54) is 16.8 Å². The first-order valence-electron chi connectivity index (χ1n) is 7.07. The van der Waals surface area contributed by atoms with Crippen molar-refractivity contribution in [2.75, 3.05) is 0 Å². The third kappa shape index (κ3) is 3.09. The van der Waals surface area contributed by atoms with E-state index in [1.54, 1.807) is 18.2 Å². The van der Waals surface area contributed by atoms with Crippen LogP contribution in [0.1, 0.15) is 15.9 Å². The number of hydrogen-bond donors (Lipinski definition) is 2. The van der Waals surface area contributed by atoms with Crippen LogP contribution in [0, 0.1) is 0 Å². The molecule has 6 heteroatoms. The number of nitrogens with zero attached hydrogens (tertiary/aromatic N) is 1. The fourth-order valence-electron chi connectivity index (χ4n) is 2.37. The largest absolute Gasteiger partial charge is 0.478 e. The van der Waals surface area contributed by atoms with Crippen molar-refractivity contribution in [1.82, 2.24) is 9.78 Å². The second-order valence-corrected chi connectivity index (χ2v) is 6.12. The summed E-state index contributed by atoms with van der Waals surface area (Å²) in [5.41, 5.74) is 1.12. The van der Waals surface area contributed by atoms with Crippen LogP contribution in [0.4, 0.5) is 0 Å². The Morgan fingerprint density at radius 2 is 1.96 bits per heavy atom. The molecular formula is C18H13BrN2O3. The zero-order valence-corrected chi connectivity index (χ0v) is 14.1. The molecule has 0 aliphatic heterocycles. The minimum Gasteiger partial charge on any atom is -0.478 e. The minimum absolute atomic E-state index is 0.108. The number of hydrogen-bond acceptors (Lipinski definition) is 2. The summed E-state index contributed by atoms with van der Waals surface area (Å²) in [6.07, 6.45) is 1.74. The lowest BCUT2D eigenvalue weighted by atomic mass is 10.2. The zero-order chi connectivity index (χ0) is 17.3. The number of carboxylic acid groups (broad SMARTS) is 1. The van der Waals surface area contributed by atoms with Gasteiger partial charge in [0.2, 0.25) is 0 Å². The molecule has 0 radical (unpaired) electrons. The Morgan fingerprint density at radius 3 is 2.67 bits per heavy atom. The second-order valence-electron chi connectivity index (χ2n) is 5.20. The zero-order valence-electron chi connectivity index (χ0n) is 12.5. The number of carbonyl (C=O) groups is 1. The van der Waals surface area contributed by atoms with Gasteiger partial charge in [-0.3, -0.25) is 9.89 Å². The van der Waals surface area contributed by atoms with Crippen LogP contribution < -0.4 is 16.1 Å². The predicted molar refractivity (Wildman–Crippen MR) is 95.8 cm³/mol. The van der Waals surface area contributed by atoms with Gasteiger partial charge in [-0.15, -0.1) is 0 Å². The third-order valence-electron chi connectivity index (χ3n) is 3.52. The van der Waals surface area contributed by atoms with Crippen molar-refractivity contribution >= 4 is 34.6 Å². The molecule has 0 spiro atoms. The molecule has 24 heavy (non-hydrogen) atoms. The van der Waals surface area contributed by atoms with Crippen LogP contribution >= 0.6 is 15.9 Å². The summed E-state index contributed by atoms with van der Waals surface area (Å²) in [6, 6.07) is 13.7. The molecule has 5 nitrogen and oxygen atoms in total. The fourth-order valence-corrected chi connectivity index (χ4v) is 2.78. The van der Waals surface area contributed by atoms with Crippen LogP contribution in [0.5, 0.6) is 0 Å². The topological polar surface area (TPSA) is 75.1 Å². The van der Waals surface area contributed by atoms with Gasteiger partial charge in [0.25, 0.3) is 5.56 Å². The second kappa shape index (κ2) is 6.33. The summed E-state index contributed by atoms with van der Waals surface area (Å²) in [4.78, 5) is 23.8. The number of halogens is 1. The molecule has 2 aromatic carbocycles. The van der Waals surface area contributed by atoms with Gasteiger partial charge >= 0.3 is 5.97 Å². The SMILES string of the molecule is C=c1[nH]n(-c2cccc(C(=O)O)c2)c(=O)/c1=C\c1cccc(Br)c1. The number of aromatic nitrogens is 2. The maximum atomic E-state index is 12.7. The number of benzene rings is 2. The highest BCUT2D eigenvalue weighted by Crippen LogP contribution is 2.11. The lowest BCUT2D eigenvalue weighted by Crippen LogP contribution is -2.34. The molecular weight excluding hydrogens is 372 g/mol. The molecule has 0 saturated carbocycles. The van der Waals surface area contributed by atoms with Crippen molar-refractivity contribution in [2.45, 2.75) is 0 Å². The molecule has 0 fully saturated rings.